The van der Waals surface area contributed by atoms with Crippen LogP contribution in [0.25, 0.3) is 0 Å². The van der Waals surface area contributed by atoms with E-state index in [0.717, 1.165) is 16.1 Å². The van der Waals surface area contributed by atoms with E-state index in [0.29, 0.717) is 17.2 Å². The van der Waals surface area contributed by atoms with Gasteiger partial charge in [-0.25, -0.2) is 8.42 Å². The van der Waals surface area contributed by atoms with Crippen LogP contribution in [0.5, 0.6) is 11.5 Å². The van der Waals surface area contributed by atoms with Crippen LogP contribution in [0.3, 0.4) is 0 Å². The minimum atomic E-state index is -3.70. The fourth-order valence-electron chi connectivity index (χ4n) is 3.25. The molecular weight excluding hydrogens is 412 g/mol. The molecule has 162 valence electrons. The molecule has 0 aliphatic carbocycles. The van der Waals surface area contributed by atoms with Crippen LogP contribution in [0.1, 0.15) is 25.5 Å². The Labute approximate surface area is 183 Å². The smallest absolute Gasteiger partial charge is 0.244 e. The summed E-state index contributed by atoms with van der Waals surface area (Å²) in [5.41, 5.74) is 1.33. The average molecular weight is 439 g/mol. The first-order valence-electron chi connectivity index (χ1n) is 9.93. The third kappa shape index (κ3) is 5.86. The van der Waals surface area contributed by atoms with Crippen molar-refractivity contribution in [3.05, 3.63) is 90.5 Å². The van der Waals surface area contributed by atoms with Gasteiger partial charge in [0.15, 0.2) is 0 Å². The normalized spacial score (nSPS) is 13.1. The molecule has 6 nitrogen and oxygen atoms in total. The van der Waals surface area contributed by atoms with Crippen LogP contribution in [0, 0.1) is 0 Å². The van der Waals surface area contributed by atoms with Gasteiger partial charge in [0, 0.05) is 0 Å². The molecule has 3 rings (SSSR count). The van der Waals surface area contributed by atoms with Crippen LogP contribution in [0.15, 0.2) is 84.9 Å². The molecule has 0 saturated heterocycles. The molecule has 0 spiro atoms. The number of ether oxygens (including phenoxy) is 1. The Morgan fingerprint density at radius 2 is 1.35 bits per heavy atom. The number of carbonyl (C=O) groups excluding carboxylic acids is 1. The minimum Gasteiger partial charge on any atom is -0.457 e. The highest BCUT2D eigenvalue weighted by Crippen LogP contribution is 2.27. The number of hydrogen-bond donors (Lipinski definition) is 1. The van der Waals surface area contributed by atoms with E-state index in [1.807, 2.05) is 67.6 Å². The first-order valence-corrected chi connectivity index (χ1v) is 11.8. The Morgan fingerprint density at radius 1 is 0.839 bits per heavy atom. The number of nitrogens with zero attached hydrogens (tertiary/aromatic N) is 1. The van der Waals surface area contributed by atoms with Crippen molar-refractivity contribution < 1.29 is 17.9 Å². The number of carbonyl (C=O) groups is 1. The molecule has 7 heteroatoms. The number of anilines is 1. The van der Waals surface area contributed by atoms with E-state index >= 15 is 0 Å². The first kappa shape index (κ1) is 22.4. The Bertz CT molecular complexity index is 1100. The molecule has 1 unspecified atom stereocenters. The van der Waals surface area contributed by atoms with Gasteiger partial charge in [0.2, 0.25) is 15.9 Å². The molecular formula is C24H26N2O4S. The lowest BCUT2D eigenvalue weighted by atomic mass is 10.1. The molecule has 0 saturated carbocycles. The Kier molecular flexibility index (Phi) is 6.97. The predicted octanol–water partition coefficient (Wildman–Crippen LogP) is 4.51. The summed E-state index contributed by atoms with van der Waals surface area (Å²) in [7, 11) is -3.70. The molecule has 0 radical (unpaired) electrons. The van der Waals surface area contributed by atoms with E-state index in [2.05, 4.69) is 5.32 Å². The van der Waals surface area contributed by atoms with Gasteiger partial charge in [-0.1, -0.05) is 48.5 Å². The zero-order valence-electron chi connectivity index (χ0n) is 17.7. The lowest BCUT2D eigenvalue weighted by Gasteiger charge is -2.29. The maximum Gasteiger partial charge on any atom is 0.244 e. The number of nitrogens with one attached hydrogen (secondary N) is 1. The Hall–Kier alpha value is -3.32. The van der Waals surface area contributed by atoms with Crippen molar-refractivity contribution in [2.24, 2.45) is 0 Å². The van der Waals surface area contributed by atoms with Gasteiger partial charge in [-0.15, -0.1) is 0 Å². The first-order chi connectivity index (χ1) is 14.8. The van der Waals surface area contributed by atoms with Crippen LogP contribution in [0.4, 0.5) is 5.69 Å². The lowest BCUT2D eigenvalue weighted by molar-refractivity contribution is -0.122. The molecule has 3 aromatic rings. The van der Waals surface area contributed by atoms with E-state index in [1.165, 1.54) is 0 Å². The molecule has 0 heterocycles. The Balaban J connectivity index is 1.77. The second kappa shape index (κ2) is 9.66. The molecule has 1 N–H and O–H groups in total. The predicted molar refractivity (Wildman–Crippen MR) is 123 cm³/mol. The van der Waals surface area contributed by atoms with Crippen LogP contribution in [0.2, 0.25) is 0 Å². The van der Waals surface area contributed by atoms with Crippen LogP contribution < -0.4 is 14.4 Å². The van der Waals surface area contributed by atoms with Gasteiger partial charge in [0.1, 0.15) is 17.5 Å². The molecule has 0 bridgehead atoms. The number of sulfonamides is 1. The summed E-state index contributed by atoms with van der Waals surface area (Å²) in [6, 6.07) is 24.2. The summed E-state index contributed by atoms with van der Waals surface area (Å²) in [5, 5.41) is 2.89. The maximum atomic E-state index is 12.9. The third-order valence-corrected chi connectivity index (χ3v) is 6.06. The van der Waals surface area contributed by atoms with Gasteiger partial charge in [0.25, 0.3) is 0 Å². The van der Waals surface area contributed by atoms with E-state index in [9.17, 15) is 13.2 Å². The molecule has 3 aromatic carbocycles. The quantitative estimate of drug-likeness (QED) is 0.561. The molecule has 0 aliphatic rings. The lowest BCUT2D eigenvalue weighted by Crippen LogP contribution is -2.48. The number of benzene rings is 3. The fraction of sp³-hybridized carbons (Fsp3) is 0.208. The van der Waals surface area contributed by atoms with Crippen molar-refractivity contribution in [1.29, 1.82) is 0 Å². The molecule has 31 heavy (non-hydrogen) atoms. The third-order valence-electron chi connectivity index (χ3n) is 4.82. The van der Waals surface area contributed by atoms with Crippen molar-refractivity contribution in [2.45, 2.75) is 25.9 Å². The summed E-state index contributed by atoms with van der Waals surface area (Å²) in [5.74, 6) is 0.863. The number of para-hydroxylation sites is 1. The number of hydrogen-bond acceptors (Lipinski definition) is 4. The number of rotatable bonds is 8. The highest BCUT2D eigenvalue weighted by atomic mass is 32.2. The van der Waals surface area contributed by atoms with Gasteiger partial charge in [-0.3, -0.25) is 9.10 Å². The van der Waals surface area contributed by atoms with Gasteiger partial charge in [-0.2, -0.15) is 0 Å². The van der Waals surface area contributed by atoms with Crippen LogP contribution >= 0.6 is 0 Å². The zero-order valence-corrected chi connectivity index (χ0v) is 18.5. The van der Waals surface area contributed by atoms with Crippen molar-refractivity contribution in [2.75, 3.05) is 10.6 Å². The molecule has 1 amide bonds. The summed E-state index contributed by atoms with van der Waals surface area (Å²) in [4.78, 5) is 12.9. The largest absolute Gasteiger partial charge is 0.457 e. The van der Waals surface area contributed by atoms with Crippen molar-refractivity contribution in [3.63, 3.8) is 0 Å². The van der Waals surface area contributed by atoms with Gasteiger partial charge < -0.3 is 10.1 Å². The summed E-state index contributed by atoms with van der Waals surface area (Å²) < 4.78 is 31.9. The van der Waals surface area contributed by atoms with E-state index in [1.54, 1.807) is 31.2 Å². The van der Waals surface area contributed by atoms with Crippen molar-refractivity contribution in [3.8, 4) is 11.5 Å². The van der Waals surface area contributed by atoms with E-state index in [4.69, 9.17) is 4.74 Å². The summed E-state index contributed by atoms with van der Waals surface area (Å²) >= 11 is 0. The van der Waals surface area contributed by atoms with Crippen molar-refractivity contribution in [1.82, 2.24) is 5.32 Å². The highest BCUT2D eigenvalue weighted by Gasteiger charge is 2.30. The van der Waals surface area contributed by atoms with E-state index < -0.39 is 16.1 Å². The van der Waals surface area contributed by atoms with Crippen LogP contribution in [-0.4, -0.2) is 26.6 Å². The summed E-state index contributed by atoms with van der Waals surface area (Å²) in [6.07, 6.45) is 1.09. The SMILES string of the molecule is CC(C(=O)N[C@@H](C)c1ccccc1)N(c1ccc(Oc2ccccc2)cc1)S(C)(=O)=O. The summed E-state index contributed by atoms with van der Waals surface area (Å²) in [6.45, 7) is 3.43. The zero-order chi connectivity index (χ0) is 22.4. The standard InChI is InChI=1S/C24H26N2O4S/c1-18(20-10-6-4-7-11-20)25-24(27)19(2)26(31(3,28)29)21-14-16-23(17-15-21)30-22-12-8-5-9-13-22/h4-19H,1-3H3,(H,25,27)/t18-,19?/m0/s1. The van der Waals surface area contributed by atoms with Crippen LogP contribution in [-0.2, 0) is 14.8 Å². The van der Waals surface area contributed by atoms with Gasteiger partial charge >= 0.3 is 0 Å². The average Bonchev–Trinajstić information content (AvgIpc) is 2.75. The maximum absolute atomic E-state index is 12.9. The van der Waals surface area contributed by atoms with Crippen molar-refractivity contribution >= 4 is 21.6 Å². The van der Waals surface area contributed by atoms with Gasteiger partial charge in [0.05, 0.1) is 18.0 Å². The monoisotopic (exact) mass is 438 g/mol. The second-order valence-corrected chi connectivity index (χ2v) is 9.14. The minimum absolute atomic E-state index is 0.251. The van der Waals surface area contributed by atoms with Gasteiger partial charge in [-0.05, 0) is 55.8 Å². The fourth-order valence-corrected chi connectivity index (χ4v) is 4.43. The molecule has 0 aliphatic heterocycles. The Morgan fingerprint density at radius 3 is 1.90 bits per heavy atom. The second-order valence-electron chi connectivity index (χ2n) is 7.28. The molecule has 0 aromatic heterocycles. The highest BCUT2D eigenvalue weighted by molar-refractivity contribution is 7.92. The molecule has 0 fully saturated rings. The number of amides is 1. The topological polar surface area (TPSA) is 75.7 Å². The molecule has 2 atom stereocenters. The van der Waals surface area contributed by atoms with E-state index in [-0.39, 0.29) is 11.9 Å².